The lowest BCUT2D eigenvalue weighted by Crippen LogP contribution is -2.43. The van der Waals surface area contributed by atoms with Crippen LogP contribution in [0.3, 0.4) is 0 Å². The lowest BCUT2D eigenvalue weighted by Gasteiger charge is -2.31. The fourth-order valence-corrected chi connectivity index (χ4v) is 2.65. The van der Waals surface area contributed by atoms with Crippen molar-refractivity contribution in [1.29, 1.82) is 0 Å². The fourth-order valence-electron chi connectivity index (χ4n) is 2.15. The van der Waals surface area contributed by atoms with E-state index in [1.165, 1.54) is 12.3 Å². The number of piperidine rings is 1. The number of ether oxygens (including phenoxy) is 1. The first-order chi connectivity index (χ1) is 8.91. The topological polar surface area (TPSA) is 105 Å². The molecule has 0 spiro atoms. The Labute approximate surface area is 111 Å². The second-order valence-corrected chi connectivity index (χ2v) is 6.11. The van der Waals surface area contributed by atoms with E-state index in [1.54, 1.807) is 12.0 Å². The van der Waals surface area contributed by atoms with Gasteiger partial charge in [-0.15, -0.1) is 0 Å². The van der Waals surface area contributed by atoms with Gasteiger partial charge in [-0.05, 0) is 18.9 Å². The maximum absolute atomic E-state index is 12.2. The molecule has 0 aromatic carbocycles. The van der Waals surface area contributed by atoms with Gasteiger partial charge in [-0.25, -0.2) is 13.6 Å². The molecule has 0 bridgehead atoms. The normalized spacial score (nSPS) is 20.5. The van der Waals surface area contributed by atoms with Gasteiger partial charge in [0.1, 0.15) is 5.69 Å². The fraction of sp³-hybridized carbons (Fsp3) is 0.545. The van der Waals surface area contributed by atoms with Gasteiger partial charge >= 0.3 is 0 Å². The predicted molar refractivity (Wildman–Crippen MR) is 68.1 cm³/mol. The lowest BCUT2D eigenvalue weighted by molar-refractivity contribution is 0.0266. The summed E-state index contributed by atoms with van der Waals surface area (Å²) in [5, 5.41) is 5.00. The third-order valence-electron chi connectivity index (χ3n) is 3.21. The molecule has 1 aromatic heterocycles. The van der Waals surface area contributed by atoms with Crippen molar-refractivity contribution in [2.24, 2.45) is 5.14 Å². The van der Waals surface area contributed by atoms with Crippen molar-refractivity contribution in [1.82, 2.24) is 9.88 Å². The highest BCUT2D eigenvalue weighted by atomic mass is 32.2. The number of nitrogens with two attached hydrogens (primary N) is 1. The number of aromatic nitrogens is 1. The Bertz CT molecular complexity index is 566. The zero-order chi connectivity index (χ0) is 14.0. The first kappa shape index (κ1) is 14.0. The van der Waals surface area contributed by atoms with E-state index in [0.29, 0.717) is 13.1 Å². The maximum atomic E-state index is 12.2. The number of rotatable bonds is 3. The van der Waals surface area contributed by atoms with Crippen LogP contribution in [0.2, 0.25) is 0 Å². The summed E-state index contributed by atoms with van der Waals surface area (Å²) >= 11 is 0. The van der Waals surface area contributed by atoms with E-state index >= 15 is 0 Å². The molecule has 3 N–H and O–H groups in total. The molecule has 1 unspecified atom stereocenters. The van der Waals surface area contributed by atoms with Crippen LogP contribution in [0.5, 0.6) is 0 Å². The van der Waals surface area contributed by atoms with Gasteiger partial charge < -0.3 is 14.6 Å². The number of methoxy groups -OCH3 is 1. The van der Waals surface area contributed by atoms with Crippen LogP contribution in [0.25, 0.3) is 0 Å². The van der Waals surface area contributed by atoms with Gasteiger partial charge in [-0.1, -0.05) is 0 Å². The van der Waals surface area contributed by atoms with Crippen molar-refractivity contribution in [2.45, 2.75) is 23.8 Å². The minimum Gasteiger partial charge on any atom is -0.380 e. The van der Waals surface area contributed by atoms with E-state index < -0.39 is 10.0 Å². The van der Waals surface area contributed by atoms with Crippen LogP contribution >= 0.6 is 0 Å². The third kappa shape index (κ3) is 3.14. The number of amides is 1. The van der Waals surface area contributed by atoms with Gasteiger partial charge in [-0.2, -0.15) is 0 Å². The Morgan fingerprint density at radius 1 is 1.58 bits per heavy atom. The number of H-pyrrole nitrogens is 1. The molecule has 0 radical (unpaired) electrons. The number of hydrogen-bond acceptors (Lipinski definition) is 4. The van der Waals surface area contributed by atoms with Crippen molar-refractivity contribution in [3.05, 3.63) is 18.0 Å². The molecule has 2 rings (SSSR count). The number of nitrogens with zero attached hydrogens (tertiary/aromatic N) is 1. The average Bonchev–Trinajstić information content (AvgIpc) is 2.87. The van der Waals surface area contributed by atoms with Gasteiger partial charge in [0.25, 0.3) is 5.91 Å². The minimum absolute atomic E-state index is 0.0328. The number of nitrogens with one attached hydrogen (secondary N) is 1. The van der Waals surface area contributed by atoms with Crippen LogP contribution in [-0.2, 0) is 14.8 Å². The van der Waals surface area contributed by atoms with Crippen LogP contribution in [0.15, 0.2) is 17.2 Å². The molecule has 1 amide bonds. The zero-order valence-corrected chi connectivity index (χ0v) is 11.4. The molecule has 0 saturated carbocycles. The van der Waals surface area contributed by atoms with Crippen LogP contribution in [0.4, 0.5) is 0 Å². The van der Waals surface area contributed by atoms with Gasteiger partial charge in [0.05, 0.1) is 11.0 Å². The SMILES string of the molecule is COC1CCCN(C(=O)c2cc(S(N)(=O)=O)c[nH]2)C1. The molecule has 2 heterocycles. The summed E-state index contributed by atoms with van der Waals surface area (Å²) in [6, 6.07) is 1.26. The number of carbonyl (C=O) groups is 1. The first-order valence-corrected chi connectivity index (χ1v) is 7.49. The Morgan fingerprint density at radius 3 is 2.89 bits per heavy atom. The molecule has 1 atom stereocenters. The Hall–Kier alpha value is -1.38. The van der Waals surface area contributed by atoms with Crippen LogP contribution in [0, 0.1) is 0 Å². The van der Waals surface area contributed by atoms with Crippen LogP contribution in [-0.4, -0.2) is 50.5 Å². The molecule has 8 heteroatoms. The Morgan fingerprint density at radius 2 is 2.32 bits per heavy atom. The summed E-state index contributed by atoms with van der Waals surface area (Å²) in [5.41, 5.74) is 0.223. The Kier molecular flexibility index (Phi) is 3.93. The molecule has 1 aliphatic heterocycles. The molecular formula is C11H17N3O4S. The smallest absolute Gasteiger partial charge is 0.270 e. The number of carbonyl (C=O) groups excluding carboxylic acids is 1. The highest BCUT2D eigenvalue weighted by molar-refractivity contribution is 7.89. The van der Waals surface area contributed by atoms with E-state index in [1.807, 2.05) is 0 Å². The van der Waals surface area contributed by atoms with Gasteiger partial charge in [0.2, 0.25) is 10.0 Å². The monoisotopic (exact) mass is 287 g/mol. The summed E-state index contributed by atoms with van der Waals surface area (Å²) in [7, 11) is -2.17. The average molecular weight is 287 g/mol. The third-order valence-corrected chi connectivity index (χ3v) is 4.11. The van der Waals surface area contributed by atoms with Crippen LogP contribution in [0.1, 0.15) is 23.3 Å². The summed E-state index contributed by atoms with van der Waals surface area (Å²) in [6.45, 7) is 1.15. The van der Waals surface area contributed by atoms with E-state index in [0.717, 1.165) is 12.8 Å². The van der Waals surface area contributed by atoms with Crippen molar-refractivity contribution in [2.75, 3.05) is 20.2 Å². The molecular weight excluding hydrogens is 270 g/mol. The van der Waals surface area contributed by atoms with E-state index in [4.69, 9.17) is 9.88 Å². The number of likely N-dealkylation sites (tertiary alicyclic amines) is 1. The maximum Gasteiger partial charge on any atom is 0.270 e. The summed E-state index contributed by atoms with van der Waals surface area (Å²) in [5.74, 6) is -0.239. The number of aromatic amines is 1. The van der Waals surface area contributed by atoms with Crippen molar-refractivity contribution >= 4 is 15.9 Å². The summed E-state index contributed by atoms with van der Waals surface area (Å²) in [6.07, 6.45) is 3.05. The second-order valence-electron chi connectivity index (χ2n) is 4.55. The molecule has 1 aliphatic rings. The molecule has 1 aromatic rings. The number of sulfonamides is 1. The molecule has 106 valence electrons. The summed E-state index contributed by atoms with van der Waals surface area (Å²) in [4.78, 5) is 16.4. The second kappa shape index (κ2) is 5.32. The number of hydrogen-bond donors (Lipinski definition) is 2. The standard InChI is InChI=1S/C11H17N3O4S/c1-18-8-3-2-4-14(7-8)11(15)10-5-9(6-13-10)19(12,16)17/h5-6,8,13H,2-4,7H2,1H3,(H2,12,16,17). The first-order valence-electron chi connectivity index (χ1n) is 5.95. The van der Waals surface area contributed by atoms with Gasteiger partial charge in [0.15, 0.2) is 0 Å². The zero-order valence-electron chi connectivity index (χ0n) is 10.6. The highest BCUT2D eigenvalue weighted by Gasteiger charge is 2.25. The van der Waals surface area contributed by atoms with E-state index in [9.17, 15) is 13.2 Å². The molecule has 19 heavy (non-hydrogen) atoms. The molecule has 0 aliphatic carbocycles. The number of primary sulfonamides is 1. The molecule has 1 fully saturated rings. The van der Waals surface area contributed by atoms with Gasteiger partial charge in [-0.3, -0.25) is 4.79 Å². The van der Waals surface area contributed by atoms with E-state index in [-0.39, 0.29) is 22.6 Å². The van der Waals surface area contributed by atoms with E-state index in [2.05, 4.69) is 4.98 Å². The van der Waals surface area contributed by atoms with Crippen molar-refractivity contribution in [3.63, 3.8) is 0 Å². The Balaban J connectivity index is 2.13. The van der Waals surface area contributed by atoms with Gasteiger partial charge in [0, 0.05) is 26.4 Å². The summed E-state index contributed by atoms with van der Waals surface area (Å²) < 4.78 is 27.6. The quantitative estimate of drug-likeness (QED) is 0.810. The van der Waals surface area contributed by atoms with Crippen molar-refractivity contribution < 1.29 is 17.9 Å². The van der Waals surface area contributed by atoms with Crippen LogP contribution < -0.4 is 5.14 Å². The highest BCUT2D eigenvalue weighted by Crippen LogP contribution is 2.16. The lowest BCUT2D eigenvalue weighted by atomic mass is 10.1. The predicted octanol–water partition coefficient (Wildman–Crippen LogP) is -0.0869. The minimum atomic E-state index is -3.79. The largest absolute Gasteiger partial charge is 0.380 e. The van der Waals surface area contributed by atoms with Crippen molar-refractivity contribution in [3.8, 4) is 0 Å². The molecule has 7 nitrogen and oxygen atoms in total. The molecule has 1 saturated heterocycles.